The van der Waals surface area contributed by atoms with Crippen molar-refractivity contribution in [2.45, 2.75) is 65.9 Å². The van der Waals surface area contributed by atoms with Crippen molar-refractivity contribution < 1.29 is 9.53 Å². The lowest BCUT2D eigenvalue weighted by molar-refractivity contribution is 0.0722. The molecule has 0 aliphatic rings. The summed E-state index contributed by atoms with van der Waals surface area (Å²) in [6.45, 7) is 8.59. The highest BCUT2D eigenvalue weighted by molar-refractivity contribution is 5.64. The van der Waals surface area contributed by atoms with E-state index in [1.807, 2.05) is 0 Å². The molecular formula is C12H25NO2. The number of carbonyl (C=O) groups is 1. The van der Waals surface area contributed by atoms with Gasteiger partial charge in [-0.05, 0) is 24.7 Å². The van der Waals surface area contributed by atoms with Gasteiger partial charge >= 0.3 is 6.09 Å². The fraction of sp³-hybridized carbons (Fsp3) is 0.917. The Balaban J connectivity index is 4.01. The minimum Gasteiger partial charge on any atom is -0.446 e. The molecule has 0 aromatic carbocycles. The van der Waals surface area contributed by atoms with E-state index < -0.39 is 6.09 Å². The van der Waals surface area contributed by atoms with E-state index in [0.29, 0.717) is 0 Å². The zero-order chi connectivity index (χ0) is 11.9. The highest BCUT2D eigenvalue weighted by Gasteiger charge is 2.20. The maximum absolute atomic E-state index is 10.7. The molecule has 3 heteroatoms. The number of primary amides is 1. The molecule has 0 saturated carbocycles. The van der Waals surface area contributed by atoms with Crippen LogP contribution >= 0.6 is 0 Å². The molecule has 0 aliphatic carbocycles. The van der Waals surface area contributed by atoms with E-state index in [1.54, 1.807) is 0 Å². The third kappa shape index (κ3) is 9.57. The van der Waals surface area contributed by atoms with E-state index in [1.165, 1.54) is 12.8 Å². The molecule has 0 aromatic heterocycles. The van der Waals surface area contributed by atoms with Gasteiger partial charge in [0, 0.05) is 0 Å². The van der Waals surface area contributed by atoms with Gasteiger partial charge in [0.15, 0.2) is 0 Å². The second-order valence-corrected chi connectivity index (χ2v) is 5.32. The van der Waals surface area contributed by atoms with E-state index in [4.69, 9.17) is 10.5 Å². The summed E-state index contributed by atoms with van der Waals surface area (Å²) in [4.78, 5) is 10.7. The first-order chi connectivity index (χ1) is 6.85. The number of carbonyl (C=O) groups excluding carboxylic acids is 1. The second-order valence-electron chi connectivity index (χ2n) is 5.32. The predicted molar refractivity (Wildman–Crippen MR) is 62.7 cm³/mol. The van der Waals surface area contributed by atoms with E-state index in [9.17, 15) is 4.79 Å². The van der Waals surface area contributed by atoms with Crippen molar-refractivity contribution in [1.82, 2.24) is 0 Å². The topological polar surface area (TPSA) is 52.3 Å². The molecule has 0 heterocycles. The van der Waals surface area contributed by atoms with Crippen LogP contribution in [0.4, 0.5) is 4.79 Å². The molecule has 0 aromatic rings. The summed E-state index contributed by atoms with van der Waals surface area (Å²) in [6, 6.07) is 0. The molecule has 0 aliphatic heterocycles. The van der Waals surface area contributed by atoms with Gasteiger partial charge in [0.25, 0.3) is 0 Å². The van der Waals surface area contributed by atoms with Crippen LogP contribution in [0, 0.1) is 5.41 Å². The molecule has 0 rings (SSSR count). The van der Waals surface area contributed by atoms with Crippen molar-refractivity contribution in [3.63, 3.8) is 0 Å². The van der Waals surface area contributed by atoms with Crippen molar-refractivity contribution in [2.24, 2.45) is 11.1 Å². The Morgan fingerprint density at radius 2 is 1.93 bits per heavy atom. The van der Waals surface area contributed by atoms with Crippen LogP contribution in [-0.2, 0) is 4.74 Å². The summed E-state index contributed by atoms with van der Waals surface area (Å²) in [5.41, 5.74) is 5.23. The lowest BCUT2D eigenvalue weighted by Crippen LogP contribution is -2.27. The van der Waals surface area contributed by atoms with Crippen molar-refractivity contribution >= 4 is 6.09 Å². The maximum Gasteiger partial charge on any atom is 0.404 e. The first kappa shape index (κ1) is 14.3. The van der Waals surface area contributed by atoms with Gasteiger partial charge in [0.2, 0.25) is 0 Å². The fourth-order valence-corrected chi connectivity index (χ4v) is 1.67. The predicted octanol–water partition coefficient (Wildman–Crippen LogP) is 3.47. The monoisotopic (exact) mass is 215 g/mol. The lowest BCUT2D eigenvalue weighted by atomic mass is 9.87. The molecule has 1 atom stereocenters. The van der Waals surface area contributed by atoms with Crippen LogP contribution in [0.15, 0.2) is 0 Å². The molecule has 0 bridgehead atoms. The maximum atomic E-state index is 10.7. The zero-order valence-corrected chi connectivity index (χ0v) is 10.5. The van der Waals surface area contributed by atoms with Crippen LogP contribution in [0.3, 0.4) is 0 Å². The van der Waals surface area contributed by atoms with Gasteiger partial charge < -0.3 is 10.5 Å². The Labute approximate surface area is 93.4 Å². The number of unbranched alkanes of at least 4 members (excludes halogenated alkanes) is 2. The summed E-state index contributed by atoms with van der Waals surface area (Å²) in [5, 5.41) is 0. The molecule has 1 amide bonds. The molecule has 90 valence electrons. The highest BCUT2D eigenvalue weighted by Crippen LogP contribution is 2.25. The Morgan fingerprint density at radius 1 is 1.33 bits per heavy atom. The zero-order valence-electron chi connectivity index (χ0n) is 10.5. The number of hydrogen-bond donors (Lipinski definition) is 1. The van der Waals surface area contributed by atoms with Crippen LogP contribution in [-0.4, -0.2) is 12.2 Å². The molecule has 0 saturated heterocycles. The van der Waals surface area contributed by atoms with E-state index in [2.05, 4.69) is 27.7 Å². The summed E-state index contributed by atoms with van der Waals surface area (Å²) in [6.07, 6.45) is 4.59. The Morgan fingerprint density at radius 3 is 2.33 bits per heavy atom. The van der Waals surface area contributed by atoms with Gasteiger partial charge in [0.1, 0.15) is 6.10 Å². The molecule has 0 spiro atoms. The van der Waals surface area contributed by atoms with Crippen LogP contribution in [0.2, 0.25) is 0 Å². The summed E-state index contributed by atoms with van der Waals surface area (Å²) >= 11 is 0. The van der Waals surface area contributed by atoms with Crippen LogP contribution in [0.5, 0.6) is 0 Å². The van der Waals surface area contributed by atoms with E-state index in [0.717, 1.165) is 19.3 Å². The van der Waals surface area contributed by atoms with Gasteiger partial charge in [0.05, 0.1) is 0 Å². The van der Waals surface area contributed by atoms with Crippen molar-refractivity contribution in [1.29, 1.82) is 0 Å². The summed E-state index contributed by atoms with van der Waals surface area (Å²) < 4.78 is 5.11. The van der Waals surface area contributed by atoms with Crippen molar-refractivity contribution in [3.8, 4) is 0 Å². The number of nitrogens with two attached hydrogens (primary N) is 1. The van der Waals surface area contributed by atoms with Crippen molar-refractivity contribution in [3.05, 3.63) is 0 Å². The molecule has 3 nitrogen and oxygen atoms in total. The van der Waals surface area contributed by atoms with Crippen LogP contribution in [0.1, 0.15) is 59.8 Å². The fourth-order valence-electron chi connectivity index (χ4n) is 1.67. The molecule has 0 radical (unpaired) electrons. The number of rotatable bonds is 6. The molecule has 15 heavy (non-hydrogen) atoms. The average Bonchev–Trinajstić information content (AvgIpc) is 2.00. The number of hydrogen-bond acceptors (Lipinski definition) is 2. The largest absolute Gasteiger partial charge is 0.446 e. The van der Waals surface area contributed by atoms with Crippen LogP contribution < -0.4 is 5.73 Å². The molecule has 2 N–H and O–H groups in total. The first-order valence-electron chi connectivity index (χ1n) is 5.81. The van der Waals surface area contributed by atoms with E-state index >= 15 is 0 Å². The quantitative estimate of drug-likeness (QED) is 0.690. The number of ether oxygens (including phenoxy) is 1. The van der Waals surface area contributed by atoms with Gasteiger partial charge in [-0.3, -0.25) is 0 Å². The summed E-state index contributed by atoms with van der Waals surface area (Å²) in [7, 11) is 0. The van der Waals surface area contributed by atoms with Gasteiger partial charge in [-0.2, -0.15) is 0 Å². The Hall–Kier alpha value is -0.730. The molecular weight excluding hydrogens is 190 g/mol. The normalized spacial score (nSPS) is 13.6. The minimum atomic E-state index is -0.652. The Kier molecular flexibility index (Phi) is 6.37. The van der Waals surface area contributed by atoms with Gasteiger partial charge in [-0.25, -0.2) is 4.79 Å². The molecule has 0 fully saturated rings. The lowest BCUT2D eigenvalue weighted by Gasteiger charge is -2.25. The molecule has 1 unspecified atom stereocenters. The third-order valence-corrected chi connectivity index (χ3v) is 2.25. The highest BCUT2D eigenvalue weighted by atomic mass is 16.6. The van der Waals surface area contributed by atoms with Gasteiger partial charge in [-0.1, -0.05) is 40.5 Å². The Bertz CT molecular complexity index is 185. The average molecular weight is 215 g/mol. The standard InChI is InChI=1S/C12H25NO2/c1-5-6-7-8-10(15-11(13)14)9-12(2,3)4/h10H,5-9H2,1-4H3,(H2,13,14). The van der Waals surface area contributed by atoms with Crippen LogP contribution in [0.25, 0.3) is 0 Å². The van der Waals surface area contributed by atoms with E-state index in [-0.39, 0.29) is 11.5 Å². The number of amides is 1. The smallest absolute Gasteiger partial charge is 0.404 e. The first-order valence-corrected chi connectivity index (χ1v) is 5.81. The second kappa shape index (κ2) is 6.70. The van der Waals surface area contributed by atoms with Crippen molar-refractivity contribution in [2.75, 3.05) is 0 Å². The third-order valence-electron chi connectivity index (χ3n) is 2.25. The summed E-state index contributed by atoms with van der Waals surface area (Å²) in [5.74, 6) is 0. The van der Waals surface area contributed by atoms with Gasteiger partial charge in [-0.15, -0.1) is 0 Å². The minimum absolute atomic E-state index is 0.0194. The SMILES string of the molecule is CCCCCC(CC(C)(C)C)OC(N)=O.